The molecule has 0 fully saturated rings. The second-order valence-electron chi connectivity index (χ2n) is 5.52. The van der Waals surface area contributed by atoms with Gasteiger partial charge in [0, 0.05) is 6.08 Å². The number of anilines is 1. The summed E-state index contributed by atoms with van der Waals surface area (Å²) in [5.74, 6) is -2.28. The van der Waals surface area contributed by atoms with Crippen LogP contribution in [-0.2, 0) is 20.5 Å². The highest BCUT2D eigenvalue weighted by atomic mass is 19.4. The van der Waals surface area contributed by atoms with Crippen molar-refractivity contribution in [3.63, 3.8) is 0 Å². The van der Waals surface area contributed by atoms with E-state index in [2.05, 4.69) is 5.32 Å². The number of amides is 2. The van der Waals surface area contributed by atoms with Crippen LogP contribution >= 0.6 is 0 Å². The number of nitrogens with one attached hydrogen (secondary N) is 1. The van der Waals surface area contributed by atoms with Crippen molar-refractivity contribution in [3.8, 4) is 0 Å². The van der Waals surface area contributed by atoms with Gasteiger partial charge in [-0.15, -0.1) is 0 Å². The van der Waals surface area contributed by atoms with E-state index in [1.54, 1.807) is 12.1 Å². The van der Waals surface area contributed by atoms with Crippen molar-refractivity contribution in [3.05, 3.63) is 71.3 Å². The minimum Gasteiger partial charge on any atom is -0.452 e. The third-order valence-electron chi connectivity index (χ3n) is 3.46. The van der Waals surface area contributed by atoms with Gasteiger partial charge in [-0.25, -0.2) is 4.79 Å². The quantitative estimate of drug-likeness (QED) is 0.583. The number of primary amides is 1. The fraction of sp³-hybridized carbons (Fsp3) is 0.105. The number of rotatable bonds is 6. The van der Waals surface area contributed by atoms with Crippen molar-refractivity contribution in [1.82, 2.24) is 0 Å². The van der Waals surface area contributed by atoms with Crippen molar-refractivity contribution in [2.45, 2.75) is 6.18 Å². The largest absolute Gasteiger partial charge is 0.452 e. The van der Waals surface area contributed by atoms with Gasteiger partial charge in [-0.3, -0.25) is 9.59 Å². The van der Waals surface area contributed by atoms with Crippen LogP contribution in [0.2, 0.25) is 0 Å². The zero-order valence-electron chi connectivity index (χ0n) is 14.3. The fourth-order valence-corrected chi connectivity index (χ4v) is 2.13. The Labute approximate surface area is 157 Å². The molecular formula is C19H15F3N2O4. The van der Waals surface area contributed by atoms with Crippen LogP contribution in [0.1, 0.15) is 21.5 Å². The maximum absolute atomic E-state index is 12.5. The van der Waals surface area contributed by atoms with Gasteiger partial charge >= 0.3 is 12.1 Å². The zero-order chi connectivity index (χ0) is 20.7. The maximum Gasteiger partial charge on any atom is 0.416 e. The van der Waals surface area contributed by atoms with E-state index in [1.807, 2.05) is 0 Å². The molecule has 0 aliphatic rings. The summed E-state index contributed by atoms with van der Waals surface area (Å²) in [6.45, 7) is -0.622. The van der Waals surface area contributed by atoms with Crippen LogP contribution in [0, 0.1) is 0 Å². The normalized spacial score (nSPS) is 11.2. The second kappa shape index (κ2) is 8.85. The summed E-state index contributed by atoms with van der Waals surface area (Å²) in [5, 5.41) is 2.39. The number of nitrogens with two attached hydrogens (primary N) is 1. The number of halogens is 3. The Morgan fingerprint density at radius 2 is 1.68 bits per heavy atom. The van der Waals surface area contributed by atoms with Crippen LogP contribution in [0.25, 0.3) is 6.08 Å². The van der Waals surface area contributed by atoms with Gasteiger partial charge < -0.3 is 15.8 Å². The first kappa shape index (κ1) is 20.7. The smallest absolute Gasteiger partial charge is 0.416 e. The summed E-state index contributed by atoms with van der Waals surface area (Å²) in [7, 11) is 0. The summed E-state index contributed by atoms with van der Waals surface area (Å²) < 4.78 is 42.2. The predicted octanol–water partition coefficient (Wildman–Crippen LogP) is 3.00. The van der Waals surface area contributed by atoms with Crippen molar-refractivity contribution >= 4 is 29.5 Å². The number of esters is 1. The Kier molecular flexibility index (Phi) is 6.54. The molecule has 6 nitrogen and oxygen atoms in total. The molecular weight excluding hydrogens is 377 g/mol. The fourth-order valence-electron chi connectivity index (χ4n) is 2.13. The van der Waals surface area contributed by atoms with Crippen LogP contribution in [0.3, 0.4) is 0 Å². The molecule has 0 bridgehead atoms. The summed E-state index contributed by atoms with van der Waals surface area (Å²) in [6.07, 6.45) is -2.21. The first-order valence-corrected chi connectivity index (χ1v) is 7.87. The minimum atomic E-state index is -4.44. The molecule has 0 saturated heterocycles. The topological polar surface area (TPSA) is 98.5 Å². The first-order chi connectivity index (χ1) is 13.2. The Bertz CT molecular complexity index is 906. The lowest BCUT2D eigenvalue weighted by molar-refractivity contribution is -0.142. The Morgan fingerprint density at radius 3 is 2.29 bits per heavy atom. The molecule has 0 heterocycles. The number of alkyl halides is 3. The van der Waals surface area contributed by atoms with E-state index in [1.165, 1.54) is 30.3 Å². The van der Waals surface area contributed by atoms with E-state index in [9.17, 15) is 27.6 Å². The molecule has 0 saturated carbocycles. The number of carbonyl (C=O) groups excluding carboxylic acids is 3. The average Bonchev–Trinajstić information content (AvgIpc) is 2.64. The van der Waals surface area contributed by atoms with E-state index in [4.69, 9.17) is 10.5 Å². The second-order valence-corrected chi connectivity index (χ2v) is 5.52. The van der Waals surface area contributed by atoms with Crippen molar-refractivity contribution in [2.24, 2.45) is 5.73 Å². The molecule has 0 atom stereocenters. The number of para-hydroxylation sites is 1. The first-order valence-electron chi connectivity index (χ1n) is 7.87. The van der Waals surface area contributed by atoms with Crippen LogP contribution < -0.4 is 11.1 Å². The highest BCUT2D eigenvalue weighted by Gasteiger charge is 2.29. The van der Waals surface area contributed by atoms with E-state index in [0.29, 0.717) is 5.56 Å². The average molecular weight is 392 g/mol. The molecule has 0 unspecified atom stereocenters. The van der Waals surface area contributed by atoms with Crippen LogP contribution in [0.4, 0.5) is 18.9 Å². The van der Waals surface area contributed by atoms with Crippen molar-refractivity contribution in [1.29, 1.82) is 0 Å². The van der Waals surface area contributed by atoms with Crippen molar-refractivity contribution in [2.75, 3.05) is 11.9 Å². The van der Waals surface area contributed by atoms with Gasteiger partial charge in [0.1, 0.15) is 0 Å². The Hall–Kier alpha value is -3.62. The third kappa shape index (κ3) is 5.97. The number of hydrogen-bond acceptors (Lipinski definition) is 4. The van der Waals surface area contributed by atoms with Gasteiger partial charge in [0.2, 0.25) is 0 Å². The van der Waals surface area contributed by atoms with Crippen molar-refractivity contribution < 1.29 is 32.3 Å². The lowest BCUT2D eigenvalue weighted by Crippen LogP contribution is -2.22. The van der Waals surface area contributed by atoms with Crippen LogP contribution in [-0.4, -0.2) is 24.4 Å². The lowest BCUT2D eigenvalue weighted by atomic mass is 10.1. The molecule has 2 aromatic carbocycles. The molecule has 0 aliphatic heterocycles. The summed E-state index contributed by atoms with van der Waals surface area (Å²) >= 11 is 0. The summed E-state index contributed by atoms with van der Waals surface area (Å²) in [6, 6.07) is 10.2. The van der Waals surface area contributed by atoms with E-state index < -0.39 is 36.1 Å². The molecule has 0 aliphatic carbocycles. The van der Waals surface area contributed by atoms with E-state index in [0.717, 1.165) is 18.2 Å². The van der Waals surface area contributed by atoms with Crippen LogP contribution in [0.5, 0.6) is 0 Å². The van der Waals surface area contributed by atoms with Gasteiger partial charge in [-0.05, 0) is 35.9 Å². The molecule has 9 heteroatoms. The highest BCUT2D eigenvalue weighted by molar-refractivity contribution is 6.03. The maximum atomic E-state index is 12.5. The molecule has 2 rings (SSSR count). The van der Waals surface area contributed by atoms with E-state index >= 15 is 0 Å². The van der Waals surface area contributed by atoms with Gasteiger partial charge in [-0.2, -0.15) is 13.2 Å². The summed E-state index contributed by atoms with van der Waals surface area (Å²) in [5.41, 5.74) is 5.02. The molecule has 2 amide bonds. The molecule has 3 N–H and O–H groups in total. The summed E-state index contributed by atoms with van der Waals surface area (Å²) in [4.78, 5) is 34.7. The molecule has 28 heavy (non-hydrogen) atoms. The minimum absolute atomic E-state index is 0.101. The van der Waals surface area contributed by atoms with Gasteiger partial charge in [0.05, 0.1) is 16.8 Å². The molecule has 0 aromatic heterocycles. The monoisotopic (exact) mass is 392 g/mol. The predicted molar refractivity (Wildman–Crippen MR) is 95.0 cm³/mol. The standard InChI is InChI=1S/C19H15F3N2O4/c20-19(21,22)13-8-5-12(6-9-13)7-10-17(26)28-11-16(25)24-15-4-2-1-3-14(15)18(23)27/h1-10H,11H2,(H2,23,27)(H,24,25)/b10-7+. The molecule has 2 aromatic rings. The SMILES string of the molecule is NC(=O)c1ccccc1NC(=O)COC(=O)/C=C/c1ccc(C(F)(F)F)cc1. The number of benzene rings is 2. The van der Waals surface area contributed by atoms with Gasteiger partial charge in [-0.1, -0.05) is 24.3 Å². The van der Waals surface area contributed by atoms with Crippen LogP contribution in [0.15, 0.2) is 54.6 Å². The van der Waals surface area contributed by atoms with Gasteiger partial charge in [0.25, 0.3) is 11.8 Å². The number of carbonyl (C=O) groups is 3. The Balaban J connectivity index is 1.87. The van der Waals surface area contributed by atoms with E-state index in [-0.39, 0.29) is 11.3 Å². The lowest BCUT2D eigenvalue weighted by Gasteiger charge is -2.08. The third-order valence-corrected chi connectivity index (χ3v) is 3.46. The Morgan fingerprint density at radius 1 is 1.04 bits per heavy atom. The molecule has 146 valence electrons. The molecule has 0 spiro atoms. The van der Waals surface area contributed by atoms with Gasteiger partial charge in [0.15, 0.2) is 6.61 Å². The zero-order valence-corrected chi connectivity index (χ0v) is 14.3. The highest BCUT2D eigenvalue weighted by Crippen LogP contribution is 2.29. The number of ether oxygens (including phenoxy) is 1. The number of hydrogen-bond donors (Lipinski definition) is 2. The molecule has 0 radical (unpaired) electrons.